The van der Waals surface area contributed by atoms with E-state index in [-0.39, 0.29) is 0 Å². The summed E-state index contributed by atoms with van der Waals surface area (Å²) in [6.07, 6.45) is 1.47. The molecule has 0 saturated carbocycles. The first kappa shape index (κ1) is 9.76. The van der Waals surface area contributed by atoms with Crippen LogP contribution in [0.25, 0.3) is 5.65 Å². The molecule has 3 heterocycles. The van der Waals surface area contributed by atoms with Crippen LogP contribution in [-0.2, 0) is 6.54 Å². The van der Waals surface area contributed by atoms with Crippen LogP contribution < -0.4 is 5.32 Å². The molecular weight excluding hydrogens is 218 g/mol. The van der Waals surface area contributed by atoms with Gasteiger partial charge in [0.25, 0.3) is 0 Å². The number of aryl methyl sites for hydroxylation is 1. The lowest BCUT2D eigenvalue weighted by Gasteiger charge is -1.96. The van der Waals surface area contributed by atoms with Crippen LogP contribution in [-0.4, -0.2) is 29.8 Å². The summed E-state index contributed by atoms with van der Waals surface area (Å²) < 4.78 is 1.79. The molecule has 0 radical (unpaired) electrons. The van der Waals surface area contributed by atoms with Crippen LogP contribution in [0.15, 0.2) is 24.5 Å². The lowest BCUT2D eigenvalue weighted by atomic mass is 10.4. The van der Waals surface area contributed by atoms with E-state index in [1.165, 1.54) is 6.33 Å². The van der Waals surface area contributed by atoms with Crippen LogP contribution >= 0.6 is 0 Å². The molecule has 0 saturated heterocycles. The molecule has 0 aliphatic carbocycles. The zero-order valence-electron chi connectivity index (χ0n) is 9.25. The van der Waals surface area contributed by atoms with Crippen molar-refractivity contribution in [1.82, 2.24) is 29.8 Å². The smallest absolute Gasteiger partial charge is 0.243 e. The highest BCUT2D eigenvalue weighted by molar-refractivity contribution is 5.44. The van der Waals surface area contributed by atoms with Gasteiger partial charge in [0.05, 0.1) is 6.54 Å². The Morgan fingerprint density at radius 3 is 3.12 bits per heavy atom. The molecule has 0 amide bonds. The van der Waals surface area contributed by atoms with Gasteiger partial charge in [-0.05, 0) is 19.1 Å². The maximum absolute atomic E-state index is 4.35. The summed E-state index contributed by atoms with van der Waals surface area (Å²) in [5, 5.41) is 14.0. The van der Waals surface area contributed by atoms with Gasteiger partial charge >= 0.3 is 0 Å². The molecule has 2 N–H and O–H groups in total. The van der Waals surface area contributed by atoms with Crippen LogP contribution in [0.1, 0.15) is 11.5 Å². The zero-order valence-corrected chi connectivity index (χ0v) is 9.25. The van der Waals surface area contributed by atoms with E-state index < -0.39 is 0 Å². The normalized spacial score (nSPS) is 10.9. The van der Waals surface area contributed by atoms with Gasteiger partial charge in [-0.25, -0.2) is 9.50 Å². The number of aromatic amines is 1. The summed E-state index contributed by atoms with van der Waals surface area (Å²) in [7, 11) is 0. The van der Waals surface area contributed by atoms with Crippen molar-refractivity contribution < 1.29 is 0 Å². The van der Waals surface area contributed by atoms with Crippen LogP contribution in [0.2, 0.25) is 0 Å². The standard InChI is InChI=1S/C10H11N7/c1-7-3-2-4-9-14-10(16-17(7)9)11-5-8-12-6-13-15-8/h2-4,6H,5H2,1H3,(H,11,16)(H,12,13,15). The third-order valence-electron chi connectivity index (χ3n) is 2.43. The number of fused-ring (bicyclic) bond motifs is 1. The maximum atomic E-state index is 4.35. The highest BCUT2D eigenvalue weighted by atomic mass is 15.4. The van der Waals surface area contributed by atoms with Crippen molar-refractivity contribution in [3.05, 3.63) is 36.0 Å². The zero-order chi connectivity index (χ0) is 11.7. The Kier molecular flexibility index (Phi) is 2.21. The second kappa shape index (κ2) is 3.85. The monoisotopic (exact) mass is 229 g/mol. The quantitative estimate of drug-likeness (QED) is 0.693. The number of nitrogens with one attached hydrogen (secondary N) is 2. The predicted molar refractivity (Wildman–Crippen MR) is 61.4 cm³/mol. The Morgan fingerprint density at radius 2 is 2.35 bits per heavy atom. The van der Waals surface area contributed by atoms with Crippen molar-refractivity contribution in [2.45, 2.75) is 13.5 Å². The minimum atomic E-state index is 0.524. The average Bonchev–Trinajstić information content (AvgIpc) is 2.95. The van der Waals surface area contributed by atoms with Crippen molar-refractivity contribution in [2.24, 2.45) is 0 Å². The maximum Gasteiger partial charge on any atom is 0.243 e. The van der Waals surface area contributed by atoms with Gasteiger partial charge in [0.2, 0.25) is 5.95 Å². The van der Waals surface area contributed by atoms with E-state index in [4.69, 9.17) is 0 Å². The van der Waals surface area contributed by atoms with Crippen LogP contribution in [0.3, 0.4) is 0 Å². The molecule has 3 rings (SSSR count). The molecule has 17 heavy (non-hydrogen) atoms. The number of hydrogen-bond acceptors (Lipinski definition) is 5. The molecule has 0 unspecified atom stereocenters. The molecule has 7 nitrogen and oxygen atoms in total. The van der Waals surface area contributed by atoms with Gasteiger partial charge in [0, 0.05) is 5.69 Å². The summed E-state index contributed by atoms with van der Waals surface area (Å²) >= 11 is 0. The van der Waals surface area contributed by atoms with Crippen molar-refractivity contribution in [1.29, 1.82) is 0 Å². The predicted octanol–water partition coefficient (Wildman–Crippen LogP) is 0.768. The third-order valence-corrected chi connectivity index (χ3v) is 2.43. The largest absolute Gasteiger partial charge is 0.346 e. The van der Waals surface area contributed by atoms with E-state index in [2.05, 4.69) is 30.6 Å². The molecular formula is C10H11N7. The van der Waals surface area contributed by atoms with E-state index >= 15 is 0 Å². The Morgan fingerprint density at radius 1 is 1.41 bits per heavy atom. The number of aromatic nitrogens is 6. The molecule has 0 bridgehead atoms. The minimum absolute atomic E-state index is 0.524. The van der Waals surface area contributed by atoms with Crippen molar-refractivity contribution in [3.8, 4) is 0 Å². The topological polar surface area (TPSA) is 83.8 Å². The average molecular weight is 229 g/mol. The van der Waals surface area contributed by atoms with E-state index in [0.29, 0.717) is 12.5 Å². The van der Waals surface area contributed by atoms with Gasteiger partial charge in [-0.3, -0.25) is 5.10 Å². The molecule has 0 atom stereocenters. The third kappa shape index (κ3) is 1.82. The van der Waals surface area contributed by atoms with Crippen molar-refractivity contribution in [3.63, 3.8) is 0 Å². The van der Waals surface area contributed by atoms with Gasteiger partial charge in [-0.2, -0.15) is 10.1 Å². The molecule has 0 aromatic carbocycles. The van der Waals surface area contributed by atoms with Gasteiger partial charge in [-0.15, -0.1) is 5.10 Å². The fraction of sp³-hybridized carbons (Fsp3) is 0.200. The lowest BCUT2D eigenvalue weighted by molar-refractivity contribution is 0.895. The Hall–Kier alpha value is -2.44. The fourth-order valence-corrected chi connectivity index (χ4v) is 1.59. The van der Waals surface area contributed by atoms with Gasteiger partial charge in [0.15, 0.2) is 5.65 Å². The molecule has 0 fully saturated rings. The van der Waals surface area contributed by atoms with Crippen LogP contribution in [0.4, 0.5) is 5.95 Å². The molecule has 0 spiro atoms. The molecule has 86 valence electrons. The summed E-state index contributed by atoms with van der Waals surface area (Å²) in [4.78, 5) is 8.36. The number of anilines is 1. The number of H-pyrrole nitrogens is 1. The van der Waals surface area contributed by atoms with Gasteiger partial charge < -0.3 is 5.32 Å². The van der Waals surface area contributed by atoms with E-state index in [0.717, 1.165) is 17.2 Å². The molecule has 7 heteroatoms. The highest BCUT2D eigenvalue weighted by Crippen LogP contribution is 2.08. The number of nitrogens with zero attached hydrogens (tertiary/aromatic N) is 5. The van der Waals surface area contributed by atoms with Crippen LogP contribution in [0.5, 0.6) is 0 Å². The summed E-state index contributed by atoms with van der Waals surface area (Å²) in [5.41, 5.74) is 1.87. The first-order valence-electron chi connectivity index (χ1n) is 5.23. The Bertz CT molecular complexity index is 625. The molecule has 3 aromatic heterocycles. The van der Waals surface area contributed by atoms with Gasteiger partial charge in [0.1, 0.15) is 12.2 Å². The second-order valence-corrected chi connectivity index (χ2v) is 3.66. The summed E-state index contributed by atoms with van der Waals surface area (Å²) in [6.45, 7) is 2.51. The van der Waals surface area contributed by atoms with E-state index in [1.54, 1.807) is 4.52 Å². The highest BCUT2D eigenvalue weighted by Gasteiger charge is 2.04. The second-order valence-electron chi connectivity index (χ2n) is 3.66. The SMILES string of the molecule is Cc1cccc2nc(NCc3ncn[nH]3)nn12. The first-order valence-corrected chi connectivity index (χ1v) is 5.23. The van der Waals surface area contributed by atoms with Crippen molar-refractivity contribution >= 4 is 11.6 Å². The molecule has 0 aliphatic rings. The van der Waals surface area contributed by atoms with E-state index in [9.17, 15) is 0 Å². The number of rotatable bonds is 3. The molecule has 3 aromatic rings. The Labute approximate surface area is 96.9 Å². The summed E-state index contributed by atoms with van der Waals surface area (Å²) in [6, 6.07) is 5.86. The first-order chi connectivity index (χ1) is 8.33. The number of pyridine rings is 1. The Balaban J connectivity index is 1.84. The molecule has 0 aliphatic heterocycles. The lowest BCUT2D eigenvalue weighted by Crippen LogP contribution is -2.03. The fourth-order valence-electron chi connectivity index (χ4n) is 1.59. The van der Waals surface area contributed by atoms with E-state index in [1.807, 2.05) is 25.1 Å². The summed E-state index contributed by atoms with van der Waals surface area (Å²) in [5.74, 6) is 1.33. The van der Waals surface area contributed by atoms with Crippen LogP contribution in [0, 0.1) is 6.92 Å². The minimum Gasteiger partial charge on any atom is -0.346 e. The van der Waals surface area contributed by atoms with Gasteiger partial charge in [-0.1, -0.05) is 6.07 Å². The van der Waals surface area contributed by atoms with Crippen molar-refractivity contribution in [2.75, 3.05) is 5.32 Å². The number of hydrogen-bond donors (Lipinski definition) is 2.